The minimum absolute atomic E-state index is 0.0527. The fourth-order valence-corrected chi connectivity index (χ4v) is 2.06. The summed E-state index contributed by atoms with van der Waals surface area (Å²) in [6, 6.07) is 2.12. The van der Waals surface area contributed by atoms with Gasteiger partial charge in [-0.2, -0.15) is 0 Å². The van der Waals surface area contributed by atoms with E-state index in [-0.39, 0.29) is 22.9 Å². The second-order valence-electron chi connectivity index (χ2n) is 4.59. The summed E-state index contributed by atoms with van der Waals surface area (Å²) >= 11 is 0. The highest BCUT2D eigenvalue weighted by molar-refractivity contribution is 5.97. The molecule has 1 aromatic rings. The van der Waals surface area contributed by atoms with E-state index in [0.717, 1.165) is 6.42 Å². The van der Waals surface area contributed by atoms with Crippen LogP contribution in [-0.2, 0) is 4.79 Å². The molecule has 0 radical (unpaired) electrons. The molecule has 1 atom stereocenters. The van der Waals surface area contributed by atoms with E-state index in [0.29, 0.717) is 13.0 Å². The third-order valence-electron chi connectivity index (χ3n) is 3.14. The molecule has 1 unspecified atom stereocenters. The molecule has 0 aliphatic carbocycles. The summed E-state index contributed by atoms with van der Waals surface area (Å²) in [5, 5.41) is 14.2. The molecule has 1 aliphatic heterocycles. The van der Waals surface area contributed by atoms with Crippen LogP contribution in [0, 0.1) is 6.92 Å². The molecule has 0 saturated carbocycles. The van der Waals surface area contributed by atoms with Crippen molar-refractivity contribution in [1.29, 1.82) is 0 Å². The SMILES string of the molecule is Cc1nc(C(=O)NC2CCCNC2=O)ccc1C(=O)O. The zero-order chi connectivity index (χ0) is 14.7. The van der Waals surface area contributed by atoms with Gasteiger partial charge in [0.1, 0.15) is 11.7 Å². The molecule has 106 valence electrons. The monoisotopic (exact) mass is 277 g/mol. The number of piperidine rings is 1. The number of carbonyl (C=O) groups excluding carboxylic acids is 2. The summed E-state index contributed by atoms with van der Waals surface area (Å²) in [4.78, 5) is 38.4. The molecule has 2 rings (SSSR count). The number of carboxylic acid groups (broad SMARTS) is 1. The van der Waals surface area contributed by atoms with E-state index in [1.165, 1.54) is 19.1 Å². The zero-order valence-corrected chi connectivity index (χ0v) is 11.0. The zero-order valence-electron chi connectivity index (χ0n) is 11.0. The maximum atomic E-state index is 12.0. The second kappa shape index (κ2) is 5.68. The lowest BCUT2D eigenvalue weighted by Crippen LogP contribution is -2.50. The van der Waals surface area contributed by atoms with E-state index in [1.807, 2.05) is 0 Å². The normalized spacial score (nSPS) is 18.2. The number of carbonyl (C=O) groups is 3. The molecule has 1 aliphatic rings. The number of hydrogen-bond donors (Lipinski definition) is 3. The molecule has 20 heavy (non-hydrogen) atoms. The average Bonchev–Trinajstić information content (AvgIpc) is 2.40. The summed E-state index contributed by atoms with van der Waals surface area (Å²) in [5.41, 5.74) is 0.418. The Labute approximate surface area is 115 Å². The molecular weight excluding hydrogens is 262 g/mol. The van der Waals surface area contributed by atoms with Gasteiger partial charge in [-0.3, -0.25) is 9.59 Å². The van der Waals surface area contributed by atoms with Gasteiger partial charge in [0.2, 0.25) is 5.91 Å². The van der Waals surface area contributed by atoms with Gasteiger partial charge < -0.3 is 15.7 Å². The van der Waals surface area contributed by atoms with Crippen LogP contribution in [-0.4, -0.2) is 40.5 Å². The summed E-state index contributed by atoms with van der Waals surface area (Å²) in [6.45, 7) is 2.14. The van der Waals surface area contributed by atoms with E-state index in [9.17, 15) is 14.4 Å². The van der Waals surface area contributed by atoms with Crippen molar-refractivity contribution in [2.24, 2.45) is 0 Å². The molecular formula is C13H15N3O4. The number of rotatable bonds is 3. The van der Waals surface area contributed by atoms with Crippen molar-refractivity contribution in [2.75, 3.05) is 6.54 Å². The number of aromatic carboxylic acids is 1. The van der Waals surface area contributed by atoms with E-state index in [4.69, 9.17) is 5.11 Å². The predicted molar refractivity (Wildman–Crippen MR) is 69.4 cm³/mol. The molecule has 1 fully saturated rings. The van der Waals surface area contributed by atoms with Gasteiger partial charge in [0, 0.05) is 6.54 Å². The van der Waals surface area contributed by atoms with Crippen molar-refractivity contribution in [1.82, 2.24) is 15.6 Å². The lowest BCUT2D eigenvalue weighted by molar-refractivity contribution is -0.124. The van der Waals surface area contributed by atoms with Gasteiger partial charge in [-0.25, -0.2) is 9.78 Å². The molecule has 2 amide bonds. The maximum absolute atomic E-state index is 12.0. The number of nitrogens with one attached hydrogen (secondary N) is 2. The first-order valence-electron chi connectivity index (χ1n) is 6.28. The van der Waals surface area contributed by atoms with Crippen LogP contribution < -0.4 is 10.6 Å². The summed E-state index contributed by atoms with van der Waals surface area (Å²) in [6.07, 6.45) is 1.39. The van der Waals surface area contributed by atoms with Gasteiger partial charge in [0.05, 0.1) is 11.3 Å². The van der Waals surface area contributed by atoms with Crippen molar-refractivity contribution in [2.45, 2.75) is 25.8 Å². The van der Waals surface area contributed by atoms with Crippen LogP contribution in [0.15, 0.2) is 12.1 Å². The Morgan fingerprint density at radius 1 is 1.45 bits per heavy atom. The highest BCUT2D eigenvalue weighted by atomic mass is 16.4. The van der Waals surface area contributed by atoms with Crippen LogP contribution in [0.3, 0.4) is 0 Å². The maximum Gasteiger partial charge on any atom is 0.337 e. The van der Waals surface area contributed by atoms with Crippen molar-refractivity contribution in [3.05, 3.63) is 29.1 Å². The topological polar surface area (TPSA) is 108 Å². The minimum atomic E-state index is -1.09. The Kier molecular flexibility index (Phi) is 3.97. The Balaban J connectivity index is 2.11. The van der Waals surface area contributed by atoms with Gasteiger partial charge in [0.15, 0.2) is 0 Å². The lowest BCUT2D eigenvalue weighted by Gasteiger charge is -2.22. The molecule has 1 aromatic heterocycles. The number of aryl methyl sites for hydroxylation is 1. The second-order valence-corrected chi connectivity index (χ2v) is 4.59. The smallest absolute Gasteiger partial charge is 0.337 e. The highest BCUT2D eigenvalue weighted by Gasteiger charge is 2.24. The molecule has 0 aromatic carbocycles. The van der Waals surface area contributed by atoms with Crippen molar-refractivity contribution in [3.63, 3.8) is 0 Å². The van der Waals surface area contributed by atoms with Gasteiger partial charge in [0.25, 0.3) is 5.91 Å². The standard InChI is InChI=1S/C13H15N3O4/c1-7-8(13(19)20)4-5-10(15-7)12(18)16-9-3-2-6-14-11(9)17/h4-5,9H,2-3,6H2,1H3,(H,14,17)(H,16,18)(H,19,20). The number of hydrogen-bond acceptors (Lipinski definition) is 4. The van der Waals surface area contributed by atoms with E-state index in [2.05, 4.69) is 15.6 Å². The van der Waals surface area contributed by atoms with Crippen LogP contribution in [0.5, 0.6) is 0 Å². The molecule has 0 bridgehead atoms. The first-order chi connectivity index (χ1) is 9.49. The first-order valence-corrected chi connectivity index (χ1v) is 6.28. The van der Waals surface area contributed by atoms with Crippen LogP contribution in [0.4, 0.5) is 0 Å². The summed E-state index contributed by atoms with van der Waals surface area (Å²) < 4.78 is 0. The quantitative estimate of drug-likeness (QED) is 0.726. The predicted octanol–water partition coefficient (Wildman–Crippen LogP) is 0.0966. The fraction of sp³-hybridized carbons (Fsp3) is 0.385. The number of carboxylic acids is 1. The third-order valence-corrected chi connectivity index (χ3v) is 3.14. The van der Waals surface area contributed by atoms with Crippen LogP contribution in [0.1, 0.15) is 39.4 Å². The van der Waals surface area contributed by atoms with Crippen molar-refractivity contribution >= 4 is 17.8 Å². The Bertz CT molecular complexity index is 571. The third kappa shape index (κ3) is 2.93. The highest BCUT2D eigenvalue weighted by Crippen LogP contribution is 2.08. The van der Waals surface area contributed by atoms with Crippen molar-refractivity contribution in [3.8, 4) is 0 Å². The van der Waals surface area contributed by atoms with Gasteiger partial charge in [-0.05, 0) is 31.9 Å². The van der Waals surface area contributed by atoms with Gasteiger partial charge >= 0.3 is 5.97 Å². The van der Waals surface area contributed by atoms with Gasteiger partial charge in [-0.15, -0.1) is 0 Å². The summed E-state index contributed by atoms with van der Waals surface area (Å²) in [7, 11) is 0. The van der Waals surface area contributed by atoms with Crippen LogP contribution >= 0.6 is 0 Å². The van der Waals surface area contributed by atoms with Crippen LogP contribution in [0.25, 0.3) is 0 Å². The molecule has 7 nitrogen and oxygen atoms in total. The number of nitrogens with zero attached hydrogens (tertiary/aromatic N) is 1. The Hall–Kier alpha value is -2.44. The van der Waals surface area contributed by atoms with Crippen molar-refractivity contribution < 1.29 is 19.5 Å². The number of aromatic nitrogens is 1. The molecule has 7 heteroatoms. The van der Waals surface area contributed by atoms with E-state index in [1.54, 1.807) is 0 Å². The fourth-order valence-electron chi connectivity index (χ4n) is 2.06. The largest absolute Gasteiger partial charge is 0.478 e. The van der Waals surface area contributed by atoms with Gasteiger partial charge in [-0.1, -0.05) is 0 Å². The van der Waals surface area contributed by atoms with Crippen LogP contribution in [0.2, 0.25) is 0 Å². The molecule has 2 heterocycles. The average molecular weight is 277 g/mol. The first kappa shape index (κ1) is 14.0. The molecule has 0 spiro atoms. The number of amides is 2. The minimum Gasteiger partial charge on any atom is -0.478 e. The van der Waals surface area contributed by atoms with E-state index >= 15 is 0 Å². The summed E-state index contributed by atoms with van der Waals surface area (Å²) in [5.74, 6) is -1.77. The Morgan fingerprint density at radius 2 is 2.20 bits per heavy atom. The van der Waals surface area contributed by atoms with E-state index < -0.39 is 17.9 Å². The molecule has 1 saturated heterocycles. The number of pyridine rings is 1. The Morgan fingerprint density at radius 3 is 2.80 bits per heavy atom. The molecule has 3 N–H and O–H groups in total. The lowest BCUT2D eigenvalue weighted by atomic mass is 10.1.